The molecule has 39 heavy (non-hydrogen) atoms. The summed E-state index contributed by atoms with van der Waals surface area (Å²) in [5, 5.41) is 5.78. The maximum atomic E-state index is 6.13. The lowest BCUT2D eigenvalue weighted by Gasteiger charge is -2.13. The molecular formula is C35H23N3O. The average molecular weight is 502 g/mol. The van der Waals surface area contributed by atoms with E-state index in [1.807, 2.05) is 12.1 Å². The van der Waals surface area contributed by atoms with Crippen LogP contribution in [0.3, 0.4) is 0 Å². The number of hydrogen-bond donors (Lipinski definition) is 0. The van der Waals surface area contributed by atoms with E-state index in [2.05, 4.69) is 112 Å². The Balaban J connectivity index is 1.42. The Morgan fingerprint density at radius 2 is 1.36 bits per heavy atom. The normalized spacial score (nSPS) is 14.0. The van der Waals surface area contributed by atoms with E-state index in [1.165, 1.54) is 22.0 Å². The van der Waals surface area contributed by atoms with Crippen molar-refractivity contribution in [2.24, 2.45) is 0 Å². The molecular weight excluding hydrogens is 478 g/mol. The van der Waals surface area contributed by atoms with Crippen LogP contribution in [-0.4, -0.2) is 14.1 Å². The zero-order chi connectivity index (χ0) is 25.5. The molecule has 8 aromatic rings. The van der Waals surface area contributed by atoms with Gasteiger partial charge in [-0.05, 0) is 61.4 Å². The Labute approximate surface area is 223 Å². The van der Waals surface area contributed by atoms with Crippen LogP contribution in [0.15, 0.2) is 120 Å². The molecule has 4 aromatic carbocycles. The number of hydrogen-bond acceptors (Lipinski definition) is 2. The summed E-state index contributed by atoms with van der Waals surface area (Å²) in [6.45, 7) is 0. The van der Waals surface area contributed by atoms with Crippen LogP contribution in [-0.2, 0) is 0 Å². The summed E-state index contributed by atoms with van der Waals surface area (Å²) in [5.74, 6) is 0. The van der Waals surface area contributed by atoms with Crippen LogP contribution in [0.25, 0.3) is 77.2 Å². The number of para-hydroxylation sites is 3. The van der Waals surface area contributed by atoms with E-state index < -0.39 is 0 Å². The summed E-state index contributed by atoms with van der Waals surface area (Å²) in [7, 11) is 0. The van der Waals surface area contributed by atoms with Crippen molar-refractivity contribution in [1.29, 1.82) is 0 Å². The van der Waals surface area contributed by atoms with Gasteiger partial charge in [-0.1, -0.05) is 66.7 Å². The van der Waals surface area contributed by atoms with Crippen molar-refractivity contribution in [3.05, 3.63) is 115 Å². The number of rotatable bonds is 2. The molecule has 0 aliphatic heterocycles. The minimum atomic E-state index is 0.897. The number of allylic oxidation sites excluding steroid dienone is 4. The molecule has 4 heteroatoms. The Morgan fingerprint density at radius 3 is 2.21 bits per heavy atom. The number of aromatic nitrogens is 3. The molecule has 184 valence electrons. The van der Waals surface area contributed by atoms with Crippen LogP contribution in [0, 0.1) is 0 Å². The first-order chi connectivity index (χ1) is 19.3. The first-order valence-corrected chi connectivity index (χ1v) is 13.5. The molecule has 0 atom stereocenters. The van der Waals surface area contributed by atoms with Gasteiger partial charge in [-0.3, -0.25) is 4.57 Å². The summed E-state index contributed by atoms with van der Waals surface area (Å²) in [4.78, 5) is 5.44. The summed E-state index contributed by atoms with van der Waals surface area (Å²) >= 11 is 0. The van der Waals surface area contributed by atoms with Gasteiger partial charge in [-0.25, -0.2) is 4.98 Å². The third-order valence-electron chi connectivity index (χ3n) is 8.17. The minimum Gasteiger partial charge on any atom is -0.456 e. The van der Waals surface area contributed by atoms with Gasteiger partial charge < -0.3 is 8.98 Å². The van der Waals surface area contributed by atoms with Crippen molar-refractivity contribution < 1.29 is 4.42 Å². The van der Waals surface area contributed by atoms with E-state index >= 15 is 0 Å². The largest absolute Gasteiger partial charge is 0.456 e. The van der Waals surface area contributed by atoms with Gasteiger partial charge in [0.1, 0.15) is 16.8 Å². The van der Waals surface area contributed by atoms with Gasteiger partial charge in [0.05, 0.1) is 22.1 Å². The number of pyridine rings is 1. The standard InChI is InChI=1S/C35H23N3O/c1-2-10-22(11-3-1)37-30-16-8-5-14-26(30)34-31(37)21-28-24-12-4-7-15-29(24)38(35(28)36-34)23-18-19-33-27(20-23)25-13-6-9-17-32(25)39-33/h1-2,4-10,12-21H,3,11H2. The van der Waals surface area contributed by atoms with Crippen LogP contribution in [0.5, 0.6) is 0 Å². The monoisotopic (exact) mass is 501 g/mol. The van der Waals surface area contributed by atoms with Crippen LogP contribution in [0.2, 0.25) is 0 Å². The van der Waals surface area contributed by atoms with E-state index in [-0.39, 0.29) is 0 Å². The molecule has 0 radical (unpaired) electrons. The molecule has 1 aliphatic carbocycles. The molecule has 4 nitrogen and oxygen atoms in total. The fraction of sp³-hybridized carbons (Fsp3) is 0.0571. The zero-order valence-electron chi connectivity index (χ0n) is 21.1. The van der Waals surface area contributed by atoms with Gasteiger partial charge in [0.2, 0.25) is 0 Å². The second-order valence-corrected chi connectivity index (χ2v) is 10.3. The van der Waals surface area contributed by atoms with Gasteiger partial charge in [0, 0.05) is 38.3 Å². The molecule has 0 saturated carbocycles. The third kappa shape index (κ3) is 2.86. The van der Waals surface area contributed by atoms with E-state index in [0.29, 0.717) is 0 Å². The average Bonchev–Trinajstić information content (AvgIpc) is 3.63. The maximum Gasteiger partial charge on any atom is 0.146 e. The first-order valence-electron chi connectivity index (χ1n) is 13.5. The Bertz CT molecular complexity index is 2340. The molecule has 0 amide bonds. The minimum absolute atomic E-state index is 0.897. The number of nitrogens with zero attached hydrogens (tertiary/aromatic N) is 3. The molecule has 4 aromatic heterocycles. The molecule has 0 saturated heterocycles. The van der Waals surface area contributed by atoms with Crippen molar-refractivity contribution in [2.45, 2.75) is 12.8 Å². The van der Waals surface area contributed by atoms with Crippen LogP contribution in [0.4, 0.5) is 0 Å². The Kier molecular flexibility index (Phi) is 4.14. The Hall–Kier alpha value is -5.09. The highest BCUT2D eigenvalue weighted by atomic mass is 16.3. The van der Waals surface area contributed by atoms with Crippen molar-refractivity contribution in [2.75, 3.05) is 0 Å². The highest BCUT2D eigenvalue weighted by molar-refractivity contribution is 6.16. The van der Waals surface area contributed by atoms with Crippen LogP contribution < -0.4 is 0 Å². The molecule has 4 heterocycles. The highest BCUT2D eigenvalue weighted by Crippen LogP contribution is 2.39. The molecule has 0 bridgehead atoms. The molecule has 1 aliphatic rings. The molecule has 0 unspecified atom stereocenters. The van der Waals surface area contributed by atoms with E-state index in [9.17, 15) is 0 Å². The summed E-state index contributed by atoms with van der Waals surface area (Å²) in [6.07, 6.45) is 8.73. The van der Waals surface area contributed by atoms with Crippen molar-refractivity contribution in [3.63, 3.8) is 0 Å². The van der Waals surface area contributed by atoms with Gasteiger partial charge in [0.15, 0.2) is 0 Å². The second kappa shape index (κ2) is 7.71. The van der Waals surface area contributed by atoms with Gasteiger partial charge in [0.25, 0.3) is 0 Å². The van der Waals surface area contributed by atoms with E-state index in [1.54, 1.807) is 0 Å². The first kappa shape index (κ1) is 20.9. The molecule has 9 rings (SSSR count). The highest BCUT2D eigenvalue weighted by Gasteiger charge is 2.20. The summed E-state index contributed by atoms with van der Waals surface area (Å²) < 4.78 is 10.8. The number of furan rings is 1. The van der Waals surface area contributed by atoms with Crippen LogP contribution in [0.1, 0.15) is 12.8 Å². The van der Waals surface area contributed by atoms with E-state index in [0.717, 1.165) is 68.1 Å². The number of fused-ring (bicyclic) bond motifs is 9. The quantitative estimate of drug-likeness (QED) is 0.236. The van der Waals surface area contributed by atoms with E-state index in [4.69, 9.17) is 9.40 Å². The Morgan fingerprint density at radius 1 is 0.615 bits per heavy atom. The zero-order valence-corrected chi connectivity index (χ0v) is 21.1. The van der Waals surface area contributed by atoms with Gasteiger partial charge >= 0.3 is 0 Å². The van der Waals surface area contributed by atoms with Crippen molar-refractivity contribution >= 4 is 71.5 Å². The second-order valence-electron chi connectivity index (χ2n) is 10.3. The fourth-order valence-corrected chi connectivity index (χ4v) is 6.44. The summed E-state index contributed by atoms with van der Waals surface area (Å²) in [6, 6.07) is 34.3. The lowest BCUT2D eigenvalue weighted by Crippen LogP contribution is -1.99. The lowest BCUT2D eigenvalue weighted by atomic mass is 10.1. The number of benzene rings is 4. The topological polar surface area (TPSA) is 35.9 Å². The summed E-state index contributed by atoms with van der Waals surface area (Å²) in [5.41, 5.74) is 9.71. The third-order valence-corrected chi connectivity index (χ3v) is 8.17. The predicted octanol–water partition coefficient (Wildman–Crippen LogP) is 9.38. The molecule has 0 fully saturated rings. The molecule has 0 spiro atoms. The van der Waals surface area contributed by atoms with Crippen molar-refractivity contribution in [1.82, 2.24) is 14.1 Å². The van der Waals surface area contributed by atoms with Gasteiger partial charge in [-0.15, -0.1) is 0 Å². The predicted molar refractivity (Wildman–Crippen MR) is 162 cm³/mol. The maximum absolute atomic E-state index is 6.13. The van der Waals surface area contributed by atoms with Gasteiger partial charge in [-0.2, -0.15) is 0 Å². The van der Waals surface area contributed by atoms with Crippen molar-refractivity contribution in [3.8, 4) is 5.69 Å². The van der Waals surface area contributed by atoms with Crippen LogP contribution >= 0.6 is 0 Å². The smallest absolute Gasteiger partial charge is 0.146 e. The lowest BCUT2D eigenvalue weighted by molar-refractivity contribution is 0.669. The SMILES string of the molecule is C1=CCCC(n2c3ccccc3c3nc4c(cc32)c2ccccc2n4-c2ccc3oc4ccccc4c3c2)=C1. The molecule has 0 N–H and O–H groups in total. The fourth-order valence-electron chi connectivity index (χ4n) is 6.44.